The first-order valence-corrected chi connectivity index (χ1v) is 16.2. The van der Waals surface area contributed by atoms with Crippen LogP contribution < -0.4 is 4.74 Å². The number of methoxy groups -OCH3 is 2. The zero-order valence-corrected chi connectivity index (χ0v) is 24.8. The van der Waals surface area contributed by atoms with Gasteiger partial charge in [0.2, 0.25) is 0 Å². The Hall–Kier alpha value is -2.49. The normalized spacial score (nSPS) is 18.3. The molecule has 40 heavy (non-hydrogen) atoms. The molecule has 220 valence electrons. The van der Waals surface area contributed by atoms with Crippen molar-refractivity contribution in [2.45, 2.75) is 76.0 Å². The van der Waals surface area contributed by atoms with Crippen LogP contribution in [-0.2, 0) is 31.1 Å². The highest BCUT2D eigenvalue weighted by molar-refractivity contribution is 7.91. The number of fused-ring (bicyclic) bond motifs is 1. The minimum atomic E-state index is -3.05. The number of ether oxygens (including phenoxy) is 3. The second-order valence-corrected chi connectivity index (χ2v) is 13.3. The average molecular weight is 575 g/mol. The highest BCUT2D eigenvalue weighted by Crippen LogP contribution is 2.56. The van der Waals surface area contributed by atoms with Gasteiger partial charge in [-0.3, -0.25) is 5.41 Å². The fourth-order valence-electron chi connectivity index (χ4n) is 6.24. The van der Waals surface area contributed by atoms with E-state index in [4.69, 9.17) is 19.6 Å². The number of hydrogen-bond acceptors (Lipinski definition) is 6. The Morgan fingerprint density at radius 3 is 2.48 bits per heavy atom. The van der Waals surface area contributed by atoms with Gasteiger partial charge in [0.05, 0.1) is 24.2 Å². The van der Waals surface area contributed by atoms with E-state index in [-0.39, 0.29) is 35.1 Å². The van der Waals surface area contributed by atoms with Gasteiger partial charge in [-0.15, -0.1) is 0 Å². The summed E-state index contributed by atoms with van der Waals surface area (Å²) in [6, 6.07) is 12.9. The van der Waals surface area contributed by atoms with Gasteiger partial charge in [-0.2, -0.15) is 0 Å². The van der Waals surface area contributed by atoms with Crippen LogP contribution in [0.1, 0.15) is 74.6 Å². The van der Waals surface area contributed by atoms with Crippen molar-refractivity contribution in [1.29, 1.82) is 5.41 Å². The number of hydrogen-bond donors (Lipinski definition) is 1. The third-order valence-corrected chi connectivity index (χ3v) is 10.3. The van der Waals surface area contributed by atoms with E-state index in [9.17, 15) is 12.8 Å². The lowest BCUT2D eigenvalue weighted by molar-refractivity contribution is -0.105. The van der Waals surface area contributed by atoms with Gasteiger partial charge in [0.15, 0.2) is 6.29 Å². The van der Waals surface area contributed by atoms with E-state index in [0.717, 1.165) is 43.4 Å². The molecule has 1 aliphatic carbocycles. The lowest BCUT2D eigenvalue weighted by Gasteiger charge is -2.55. The Labute approximate surface area is 238 Å². The molecule has 1 atom stereocenters. The zero-order chi connectivity index (χ0) is 28.8. The van der Waals surface area contributed by atoms with Gasteiger partial charge in [0.25, 0.3) is 0 Å². The van der Waals surface area contributed by atoms with Gasteiger partial charge in [0, 0.05) is 44.8 Å². The summed E-state index contributed by atoms with van der Waals surface area (Å²) in [5, 5.41) is 9.12. The fraction of sp³-hybridized carbons (Fsp3) is 0.581. The standard InChI is InChI=1S/C31H43FN2O5S/c1-4-20-40(35,36)21-6-19-39-26-12-7-23-15-18-34(28(33)13-14-29(37-2)38-3)30(27(23)22-26)31(16-5-17-31)24-8-10-25(32)11-9-24/h7-12,22,29-30,33H,4-6,13-21H2,1-3H3. The summed E-state index contributed by atoms with van der Waals surface area (Å²) >= 11 is 0. The van der Waals surface area contributed by atoms with Crippen LogP contribution >= 0.6 is 0 Å². The molecule has 0 amide bonds. The van der Waals surface area contributed by atoms with Crippen molar-refractivity contribution in [3.8, 4) is 5.75 Å². The first-order chi connectivity index (χ1) is 19.2. The molecule has 0 saturated heterocycles. The van der Waals surface area contributed by atoms with E-state index in [2.05, 4.69) is 17.0 Å². The van der Waals surface area contributed by atoms with Gasteiger partial charge in [-0.1, -0.05) is 31.5 Å². The van der Waals surface area contributed by atoms with Crippen molar-refractivity contribution in [3.63, 3.8) is 0 Å². The van der Waals surface area contributed by atoms with Crippen LogP contribution in [0.5, 0.6) is 5.75 Å². The van der Waals surface area contributed by atoms with Crippen LogP contribution in [-0.4, -0.2) is 64.3 Å². The average Bonchev–Trinajstić information content (AvgIpc) is 2.92. The molecule has 2 aromatic rings. The molecule has 2 aliphatic rings. The Balaban J connectivity index is 1.63. The molecule has 1 fully saturated rings. The third-order valence-electron chi connectivity index (χ3n) is 8.41. The smallest absolute Gasteiger partial charge is 0.157 e. The molecule has 0 radical (unpaired) electrons. The summed E-state index contributed by atoms with van der Waals surface area (Å²) in [7, 11) is 0.170. The van der Waals surface area contributed by atoms with Gasteiger partial charge >= 0.3 is 0 Å². The SMILES string of the molecule is CCCS(=O)(=O)CCCOc1ccc2c(c1)C(C1(c3ccc(F)cc3)CCC1)N(C(=N)CCC(OC)OC)CC2. The number of sulfone groups is 1. The molecule has 9 heteroatoms. The molecule has 0 aromatic heterocycles. The molecule has 1 saturated carbocycles. The third kappa shape index (κ3) is 6.86. The van der Waals surface area contributed by atoms with Gasteiger partial charge in [0.1, 0.15) is 21.4 Å². The second kappa shape index (κ2) is 13.4. The fourth-order valence-corrected chi connectivity index (χ4v) is 7.62. The summed E-state index contributed by atoms with van der Waals surface area (Å²) in [4.78, 5) is 2.22. The van der Waals surface area contributed by atoms with Gasteiger partial charge < -0.3 is 19.1 Å². The maximum Gasteiger partial charge on any atom is 0.157 e. The van der Waals surface area contributed by atoms with Crippen LogP contribution in [0.2, 0.25) is 0 Å². The molecule has 4 rings (SSSR count). The summed E-state index contributed by atoms with van der Waals surface area (Å²) in [5.74, 6) is 1.31. The van der Waals surface area contributed by atoms with E-state index >= 15 is 0 Å². The molecule has 0 spiro atoms. The van der Waals surface area contributed by atoms with Gasteiger partial charge in [-0.05, 0) is 73.1 Å². The number of amidine groups is 1. The van der Waals surface area contributed by atoms with Gasteiger partial charge in [-0.25, -0.2) is 12.8 Å². The molecule has 2 aromatic carbocycles. The number of nitrogens with zero attached hydrogens (tertiary/aromatic N) is 1. The van der Waals surface area contributed by atoms with E-state index < -0.39 is 9.84 Å². The van der Waals surface area contributed by atoms with Crippen molar-refractivity contribution in [2.24, 2.45) is 0 Å². The number of nitrogens with one attached hydrogen (secondary N) is 1. The first-order valence-electron chi connectivity index (χ1n) is 14.3. The van der Waals surface area contributed by atoms with Crippen LogP contribution in [0.25, 0.3) is 0 Å². The van der Waals surface area contributed by atoms with E-state index in [1.165, 1.54) is 17.7 Å². The maximum absolute atomic E-state index is 13.9. The Morgan fingerprint density at radius 1 is 1.12 bits per heavy atom. The zero-order valence-electron chi connectivity index (χ0n) is 24.0. The van der Waals surface area contributed by atoms with Crippen molar-refractivity contribution >= 4 is 15.7 Å². The largest absolute Gasteiger partial charge is 0.494 e. The Kier molecular flexibility index (Phi) is 10.2. The number of benzene rings is 2. The number of rotatable bonds is 14. The lowest BCUT2D eigenvalue weighted by atomic mass is 9.57. The Morgan fingerprint density at radius 2 is 1.85 bits per heavy atom. The van der Waals surface area contributed by atoms with Crippen molar-refractivity contribution < 1.29 is 27.0 Å². The summed E-state index contributed by atoms with van der Waals surface area (Å²) in [5.41, 5.74) is 3.21. The van der Waals surface area contributed by atoms with E-state index in [1.54, 1.807) is 14.2 Å². The highest BCUT2D eigenvalue weighted by atomic mass is 32.2. The van der Waals surface area contributed by atoms with Crippen LogP contribution in [0, 0.1) is 11.2 Å². The predicted octanol–water partition coefficient (Wildman–Crippen LogP) is 5.82. The van der Waals surface area contributed by atoms with Crippen molar-refractivity contribution in [3.05, 3.63) is 65.0 Å². The molecule has 1 aliphatic heterocycles. The predicted molar refractivity (Wildman–Crippen MR) is 155 cm³/mol. The summed E-state index contributed by atoms with van der Waals surface area (Å²) < 4.78 is 54.9. The number of halogens is 1. The van der Waals surface area contributed by atoms with Crippen molar-refractivity contribution in [2.75, 3.05) is 38.9 Å². The minimum Gasteiger partial charge on any atom is -0.494 e. The summed E-state index contributed by atoms with van der Waals surface area (Å²) in [6.07, 6.45) is 5.57. The highest BCUT2D eigenvalue weighted by Gasteiger charge is 2.50. The van der Waals surface area contributed by atoms with Crippen LogP contribution in [0.4, 0.5) is 4.39 Å². The molecule has 0 bridgehead atoms. The molecular weight excluding hydrogens is 531 g/mol. The molecule has 7 nitrogen and oxygen atoms in total. The molecular formula is C31H43FN2O5S. The monoisotopic (exact) mass is 574 g/mol. The topological polar surface area (TPSA) is 88.9 Å². The quantitative estimate of drug-likeness (QED) is 0.132. The van der Waals surface area contributed by atoms with E-state index in [1.807, 2.05) is 25.1 Å². The maximum atomic E-state index is 13.9. The lowest BCUT2D eigenvalue weighted by Crippen LogP contribution is -2.53. The minimum absolute atomic E-state index is 0.0972. The van der Waals surface area contributed by atoms with Crippen molar-refractivity contribution in [1.82, 2.24) is 4.90 Å². The molecule has 1 unspecified atom stereocenters. The van der Waals surface area contributed by atoms with Crippen LogP contribution in [0.3, 0.4) is 0 Å². The Bertz CT molecular complexity index is 1240. The second-order valence-electron chi connectivity index (χ2n) is 11.0. The molecule has 1 N–H and O–H groups in total. The summed E-state index contributed by atoms with van der Waals surface area (Å²) in [6.45, 7) is 2.92. The first kappa shape index (κ1) is 30.5. The molecule has 1 heterocycles. The van der Waals surface area contributed by atoms with E-state index in [0.29, 0.717) is 43.9 Å². The van der Waals surface area contributed by atoms with Crippen LogP contribution in [0.15, 0.2) is 42.5 Å².